The lowest BCUT2D eigenvalue weighted by molar-refractivity contribution is 0.538. The molecule has 0 fully saturated rings. The number of hydrogen-bond donors (Lipinski definition) is 2. The number of nitrogens with one attached hydrogen (secondary N) is 1. The minimum Gasteiger partial charge on any atom is -0.431 e. The SMILES string of the molecule is CCNC[Si](C)(C)O. The Kier molecular flexibility index (Phi) is 3.27. The van der Waals surface area contributed by atoms with E-state index in [-0.39, 0.29) is 0 Å². The molecule has 0 aliphatic carbocycles. The Morgan fingerprint density at radius 1 is 1.50 bits per heavy atom. The third-order valence-electron chi connectivity index (χ3n) is 0.808. The Morgan fingerprint density at radius 2 is 2.00 bits per heavy atom. The van der Waals surface area contributed by atoms with Crippen molar-refractivity contribution in [3.63, 3.8) is 0 Å². The summed E-state index contributed by atoms with van der Waals surface area (Å²) in [6.45, 7) is 6.85. The molecule has 0 radical (unpaired) electrons. The lowest BCUT2D eigenvalue weighted by Gasteiger charge is -2.12. The van der Waals surface area contributed by atoms with Gasteiger partial charge in [0.05, 0.1) is 0 Å². The first-order valence-electron chi connectivity index (χ1n) is 2.99. The maximum atomic E-state index is 9.23. The van der Waals surface area contributed by atoms with Crippen molar-refractivity contribution in [2.45, 2.75) is 20.0 Å². The van der Waals surface area contributed by atoms with Gasteiger partial charge in [-0.25, -0.2) is 0 Å². The summed E-state index contributed by atoms with van der Waals surface area (Å²) in [5.41, 5.74) is 0. The fraction of sp³-hybridized carbons (Fsp3) is 1.00. The highest BCUT2D eigenvalue weighted by molar-refractivity contribution is 6.69. The summed E-state index contributed by atoms with van der Waals surface area (Å²) in [7, 11) is -1.79. The molecular weight excluding hydrogens is 118 g/mol. The third kappa shape index (κ3) is 6.14. The second-order valence-corrected chi connectivity index (χ2v) is 6.57. The highest BCUT2D eigenvalue weighted by atomic mass is 28.4. The first kappa shape index (κ1) is 8.14. The van der Waals surface area contributed by atoms with Crippen molar-refractivity contribution in [1.29, 1.82) is 0 Å². The van der Waals surface area contributed by atoms with Crippen LogP contribution in [-0.4, -0.2) is 25.8 Å². The monoisotopic (exact) mass is 133 g/mol. The Bertz CT molecular complexity index is 59.9. The molecule has 0 aromatic carbocycles. The highest BCUT2D eigenvalue weighted by Crippen LogP contribution is 1.90. The van der Waals surface area contributed by atoms with Crippen LogP contribution in [0.4, 0.5) is 0 Å². The summed E-state index contributed by atoms with van der Waals surface area (Å²) in [5.74, 6) is 0. The van der Waals surface area contributed by atoms with Crippen molar-refractivity contribution >= 4 is 8.32 Å². The van der Waals surface area contributed by atoms with Gasteiger partial charge in [-0.15, -0.1) is 0 Å². The standard InChI is InChI=1S/C5H15NOSi/c1-4-6-5-8(2,3)7/h6-7H,4-5H2,1-3H3. The Morgan fingerprint density at radius 3 is 2.12 bits per heavy atom. The van der Waals surface area contributed by atoms with Crippen molar-refractivity contribution in [3.05, 3.63) is 0 Å². The van der Waals surface area contributed by atoms with Crippen LogP contribution < -0.4 is 5.32 Å². The van der Waals surface area contributed by atoms with E-state index in [0.717, 1.165) is 12.7 Å². The van der Waals surface area contributed by atoms with Gasteiger partial charge in [0.1, 0.15) is 0 Å². The molecule has 50 valence electrons. The number of hydrogen-bond acceptors (Lipinski definition) is 2. The molecule has 0 amide bonds. The average Bonchev–Trinajstić information content (AvgIpc) is 1.59. The van der Waals surface area contributed by atoms with Gasteiger partial charge in [0.25, 0.3) is 0 Å². The van der Waals surface area contributed by atoms with Crippen LogP contribution in [0.15, 0.2) is 0 Å². The molecule has 0 atom stereocenters. The summed E-state index contributed by atoms with van der Waals surface area (Å²) in [4.78, 5) is 9.23. The van der Waals surface area contributed by atoms with Crippen LogP contribution in [-0.2, 0) is 0 Å². The van der Waals surface area contributed by atoms with Crippen LogP contribution in [0, 0.1) is 0 Å². The van der Waals surface area contributed by atoms with Gasteiger partial charge in [0.2, 0.25) is 0 Å². The molecule has 0 rings (SSSR count). The van der Waals surface area contributed by atoms with Gasteiger partial charge in [-0.1, -0.05) is 6.92 Å². The average molecular weight is 133 g/mol. The molecular formula is C5H15NOSi. The lowest BCUT2D eigenvalue weighted by atomic mass is 10.8. The van der Waals surface area contributed by atoms with Crippen LogP contribution in [0.25, 0.3) is 0 Å². The second-order valence-electron chi connectivity index (χ2n) is 2.59. The van der Waals surface area contributed by atoms with E-state index in [1.807, 2.05) is 20.0 Å². The summed E-state index contributed by atoms with van der Waals surface area (Å²) in [6.07, 6.45) is 0.809. The predicted octanol–water partition coefficient (Wildman–Crippen LogP) is 0.332. The van der Waals surface area contributed by atoms with Crippen molar-refractivity contribution in [2.24, 2.45) is 0 Å². The van der Waals surface area contributed by atoms with Gasteiger partial charge >= 0.3 is 0 Å². The van der Waals surface area contributed by atoms with Crippen molar-refractivity contribution in [2.75, 3.05) is 12.7 Å². The van der Waals surface area contributed by atoms with Crippen LogP contribution in [0.1, 0.15) is 6.92 Å². The van der Waals surface area contributed by atoms with Gasteiger partial charge < -0.3 is 10.1 Å². The largest absolute Gasteiger partial charge is 0.431 e. The first-order valence-corrected chi connectivity index (χ1v) is 6.15. The summed E-state index contributed by atoms with van der Waals surface area (Å²) in [6, 6.07) is 0. The molecule has 2 nitrogen and oxygen atoms in total. The van der Waals surface area contributed by atoms with E-state index in [1.54, 1.807) is 0 Å². The minimum atomic E-state index is -1.79. The molecule has 0 unspecified atom stereocenters. The molecule has 0 saturated heterocycles. The van der Waals surface area contributed by atoms with Crippen LogP contribution >= 0.6 is 0 Å². The fourth-order valence-electron chi connectivity index (χ4n) is 0.431. The zero-order valence-corrected chi connectivity index (χ0v) is 6.86. The third-order valence-corrected chi connectivity index (χ3v) is 1.92. The second kappa shape index (κ2) is 3.22. The van der Waals surface area contributed by atoms with Gasteiger partial charge in [-0.05, 0) is 19.6 Å². The molecule has 0 aliphatic heterocycles. The van der Waals surface area contributed by atoms with Gasteiger partial charge in [0, 0.05) is 6.17 Å². The minimum absolute atomic E-state index is 0.809. The molecule has 8 heavy (non-hydrogen) atoms. The summed E-state index contributed by atoms with van der Waals surface area (Å²) < 4.78 is 0. The molecule has 0 aromatic rings. The maximum absolute atomic E-state index is 9.23. The van der Waals surface area contributed by atoms with Gasteiger partial charge in [0.15, 0.2) is 8.32 Å². The molecule has 3 heteroatoms. The Hall–Kier alpha value is 0.137. The first-order chi connectivity index (χ1) is 3.56. The van der Waals surface area contributed by atoms with E-state index >= 15 is 0 Å². The topological polar surface area (TPSA) is 32.3 Å². The van der Waals surface area contributed by atoms with E-state index < -0.39 is 8.32 Å². The van der Waals surface area contributed by atoms with Crippen LogP contribution in [0.3, 0.4) is 0 Å². The lowest BCUT2D eigenvalue weighted by Crippen LogP contribution is -2.39. The van der Waals surface area contributed by atoms with E-state index in [2.05, 4.69) is 5.32 Å². The van der Waals surface area contributed by atoms with E-state index in [0.29, 0.717) is 0 Å². The van der Waals surface area contributed by atoms with Crippen LogP contribution in [0.2, 0.25) is 13.1 Å². The van der Waals surface area contributed by atoms with Crippen molar-refractivity contribution in [1.82, 2.24) is 5.32 Å². The Balaban J connectivity index is 3.11. The van der Waals surface area contributed by atoms with E-state index in [1.165, 1.54) is 0 Å². The molecule has 0 aromatic heterocycles. The van der Waals surface area contributed by atoms with Gasteiger partial charge in [-0.3, -0.25) is 0 Å². The molecule has 0 heterocycles. The maximum Gasteiger partial charge on any atom is 0.196 e. The van der Waals surface area contributed by atoms with Gasteiger partial charge in [-0.2, -0.15) is 0 Å². The highest BCUT2D eigenvalue weighted by Gasteiger charge is 2.14. The molecule has 0 aliphatic rings. The molecule has 0 spiro atoms. The normalized spacial score (nSPS) is 12.0. The molecule has 0 bridgehead atoms. The van der Waals surface area contributed by atoms with Crippen molar-refractivity contribution in [3.8, 4) is 0 Å². The van der Waals surface area contributed by atoms with E-state index in [4.69, 9.17) is 0 Å². The molecule has 2 N–H and O–H groups in total. The zero-order valence-electron chi connectivity index (χ0n) is 5.86. The summed E-state index contributed by atoms with van der Waals surface area (Å²) in [5, 5.41) is 3.10. The number of rotatable bonds is 3. The molecule has 0 saturated carbocycles. The fourth-order valence-corrected chi connectivity index (χ4v) is 1.29. The van der Waals surface area contributed by atoms with Crippen LogP contribution in [0.5, 0.6) is 0 Å². The smallest absolute Gasteiger partial charge is 0.196 e. The summed E-state index contributed by atoms with van der Waals surface area (Å²) >= 11 is 0. The predicted molar refractivity (Wildman–Crippen MR) is 38.2 cm³/mol. The quantitative estimate of drug-likeness (QED) is 0.544. The zero-order chi connectivity index (χ0) is 6.62. The Labute approximate surface area is 52.0 Å². The van der Waals surface area contributed by atoms with Crippen molar-refractivity contribution < 1.29 is 4.80 Å². The van der Waals surface area contributed by atoms with E-state index in [9.17, 15) is 4.80 Å².